The van der Waals surface area contributed by atoms with Crippen molar-refractivity contribution in [3.05, 3.63) is 109 Å². The zero-order valence-electron chi connectivity index (χ0n) is 26.3. The van der Waals surface area contributed by atoms with E-state index < -0.39 is 13.3 Å². The number of ketones is 1. The fraction of sp³-hybridized carbons (Fsp3) is 0.211. The summed E-state index contributed by atoms with van der Waals surface area (Å²) in [4.78, 5) is 14.9. The van der Waals surface area contributed by atoms with Gasteiger partial charge in [-0.2, -0.15) is 0 Å². The third kappa shape index (κ3) is 7.07. The summed E-state index contributed by atoms with van der Waals surface area (Å²) in [6.45, 7) is 7.34. The molecule has 0 saturated heterocycles. The third-order valence-corrected chi connectivity index (χ3v) is 11.9. The van der Waals surface area contributed by atoms with Gasteiger partial charge in [0.15, 0.2) is 5.78 Å². The minimum absolute atomic E-state index is 0. The Labute approximate surface area is 275 Å². The summed E-state index contributed by atoms with van der Waals surface area (Å²) in [7, 11) is 0. The molecule has 1 radical (unpaired) electrons. The molecule has 4 aromatic carbocycles. The monoisotopic (exact) mass is 823 g/mol. The van der Waals surface area contributed by atoms with Crippen LogP contribution in [0.4, 0.5) is 0 Å². The molecular formula is C38H38GeIrNO3-. The summed E-state index contributed by atoms with van der Waals surface area (Å²) in [5.74, 6) is 7.62. The molecule has 0 unspecified atom stereocenters. The smallest absolute Gasteiger partial charge is 0.118 e. The van der Waals surface area contributed by atoms with E-state index in [0.717, 1.165) is 44.1 Å². The van der Waals surface area contributed by atoms with E-state index in [1.54, 1.807) is 0 Å². The molecule has 2 heterocycles. The number of aliphatic hydroxyl groups is 1. The van der Waals surface area contributed by atoms with Crippen LogP contribution in [0.3, 0.4) is 0 Å². The molecule has 0 atom stereocenters. The molecule has 2 aromatic heterocycles. The second-order valence-corrected chi connectivity index (χ2v) is 23.0. The number of allylic oxidation sites excluding steroid dienone is 2. The number of hydrogen-bond donors (Lipinski definition) is 1. The van der Waals surface area contributed by atoms with Gasteiger partial charge in [0.25, 0.3) is 0 Å². The van der Waals surface area contributed by atoms with Gasteiger partial charge in [0.05, 0.1) is 5.76 Å². The maximum absolute atomic E-state index is 10.0. The summed E-state index contributed by atoms with van der Waals surface area (Å²) in [5, 5.41) is 12.9. The average Bonchev–Trinajstić information content (AvgIpc) is 3.35. The number of aromatic nitrogens is 1. The molecule has 1 N–H and O–H groups in total. The van der Waals surface area contributed by atoms with Gasteiger partial charge in [-0.25, -0.2) is 0 Å². The Morgan fingerprint density at radius 1 is 0.932 bits per heavy atom. The number of benzene rings is 4. The molecule has 0 fully saturated rings. The molecule has 0 bridgehead atoms. The number of carbonyl (C=O) groups is 1. The first kappa shape index (κ1) is 33.4. The molecule has 6 heteroatoms. The van der Waals surface area contributed by atoms with E-state index in [2.05, 4.69) is 110 Å². The Balaban J connectivity index is 0.000000497. The van der Waals surface area contributed by atoms with Crippen LogP contribution in [0, 0.1) is 6.07 Å². The first-order valence-corrected chi connectivity index (χ1v) is 22.0. The molecule has 0 aliphatic carbocycles. The Morgan fingerprint density at radius 3 is 2.23 bits per heavy atom. The molecule has 0 amide bonds. The standard InChI is InChI=1S/C33H30GeNO.C5H8O2.Ir/c1-21(2)29-20-24(19-23-9-6-7-10-26(23)29)32-31-28-12-8-11-27(33(28)36-30(31)17-18-35-32)22-13-15-25(16-14-22)34(3,4)5;1-4(6)3-5(2)7;/h6-18,20-21H,1-5H3;3,6H,1-2H3;/q-1;;/b;4-3-;. The van der Waals surface area contributed by atoms with Crippen molar-refractivity contribution in [1.29, 1.82) is 0 Å². The van der Waals surface area contributed by atoms with E-state index in [1.165, 1.54) is 40.8 Å². The fourth-order valence-corrected chi connectivity index (χ4v) is 7.93. The zero-order valence-corrected chi connectivity index (χ0v) is 30.8. The SMILES string of the molecule is CC(=O)/C=C(/C)O.CC(C)c1cc(-c2nccc3oc4c(-c5cc[c]([Ge]([CH3])([CH3])[CH3])cc5)cccc4c23)[c-]c2ccccc12.[Ir]. The number of nitrogens with zero attached hydrogens (tertiary/aromatic N) is 1. The Bertz CT molecular complexity index is 1980. The van der Waals surface area contributed by atoms with Crippen molar-refractivity contribution in [2.75, 3.05) is 0 Å². The van der Waals surface area contributed by atoms with Gasteiger partial charge in [0, 0.05) is 26.2 Å². The minimum atomic E-state index is -1.86. The molecule has 0 aliphatic rings. The quantitative estimate of drug-likeness (QED) is 0.0815. The number of fused-ring (bicyclic) bond motifs is 4. The van der Waals surface area contributed by atoms with Gasteiger partial charge in [-0.3, -0.25) is 4.79 Å². The topological polar surface area (TPSA) is 63.3 Å². The van der Waals surface area contributed by atoms with Gasteiger partial charge in [0.2, 0.25) is 0 Å². The van der Waals surface area contributed by atoms with Crippen LogP contribution in [-0.2, 0) is 24.9 Å². The fourth-order valence-electron chi connectivity index (χ4n) is 5.48. The molecule has 227 valence electrons. The van der Waals surface area contributed by atoms with Gasteiger partial charge in [0.1, 0.15) is 0 Å². The Hall–Kier alpha value is -3.51. The third-order valence-electron chi connectivity index (χ3n) is 7.57. The van der Waals surface area contributed by atoms with Crippen LogP contribution in [0.15, 0.2) is 101 Å². The van der Waals surface area contributed by atoms with Crippen molar-refractivity contribution >= 4 is 56.2 Å². The van der Waals surface area contributed by atoms with Crippen molar-refractivity contribution in [2.24, 2.45) is 0 Å². The normalized spacial score (nSPS) is 11.9. The number of carbonyl (C=O) groups excluding carboxylic acids is 1. The van der Waals surface area contributed by atoms with Gasteiger partial charge in [-0.1, -0.05) is 37.4 Å². The van der Waals surface area contributed by atoms with Crippen molar-refractivity contribution in [2.45, 2.75) is 50.9 Å². The summed E-state index contributed by atoms with van der Waals surface area (Å²) in [5.41, 5.74) is 7.32. The van der Waals surface area contributed by atoms with Crippen LogP contribution in [0.2, 0.25) is 17.3 Å². The summed E-state index contributed by atoms with van der Waals surface area (Å²) >= 11 is -1.86. The summed E-state index contributed by atoms with van der Waals surface area (Å²) in [6, 6.07) is 31.9. The van der Waals surface area contributed by atoms with Crippen molar-refractivity contribution in [3.8, 4) is 22.4 Å². The van der Waals surface area contributed by atoms with E-state index in [9.17, 15) is 4.79 Å². The molecule has 6 aromatic rings. The predicted octanol–water partition coefficient (Wildman–Crippen LogP) is 9.97. The van der Waals surface area contributed by atoms with Gasteiger partial charge in [-0.05, 0) is 19.8 Å². The molecule has 44 heavy (non-hydrogen) atoms. The molecule has 0 aliphatic heterocycles. The number of furan rings is 1. The first-order chi connectivity index (χ1) is 20.4. The molecule has 4 nitrogen and oxygen atoms in total. The first-order valence-electron chi connectivity index (χ1n) is 14.7. The van der Waals surface area contributed by atoms with Crippen LogP contribution >= 0.6 is 0 Å². The second-order valence-electron chi connectivity index (χ2n) is 12.4. The number of aliphatic hydroxyl groups excluding tert-OH is 1. The maximum atomic E-state index is 10.0. The predicted molar refractivity (Wildman–Crippen MR) is 183 cm³/mol. The van der Waals surface area contributed by atoms with E-state index >= 15 is 0 Å². The zero-order chi connectivity index (χ0) is 30.9. The average molecular weight is 822 g/mol. The van der Waals surface area contributed by atoms with Crippen molar-refractivity contribution in [1.82, 2.24) is 4.98 Å². The summed E-state index contributed by atoms with van der Waals surface area (Å²) < 4.78 is 8.03. The molecule has 6 rings (SSSR count). The van der Waals surface area contributed by atoms with Crippen molar-refractivity contribution in [3.63, 3.8) is 0 Å². The minimum Gasteiger partial charge on any atom is -0.118 e. The van der Waals surface area contributed by atoms with Gasteiger partial charge in [-0.15, -0.1) is 6.07 Å². The van der Waals surface area contributed by atoms with Crippen LogP contribution in [0.25, 0.3) is 55.1 Å². The van der Waals surface area contributed by atoms with E-state index in [0.29, 0.717) is 5.92 Å². The Kier molecular flexibility index (Phi) is 10.4. The van der Waals surface area contributed by atoms with Crippen LogP contribution in [-0.4, -0.2) is 29.1 Å². The molecule has 0 spiro atoms. The van der Waals surface area contributed by atoms with E-state index in [4.69, 9.17) is 14.5 Å². The molecule has 0 saturated carbocycles. The van der Waals surface area contributed by atoms with Gasteiger partial charge >= 0.3 is 166 Å². The number of para-hydroxylation sites is 1. The summed E-state index contributed by atoms with van der Waals surface area (Å²) in [6.07, 6.45) is 3.02. The number of pyridine rings is 1. The van der Waals surface area contributed by atoms with Crippen molar-refractivity contribution < 1.29 is 34.4 Å². The Morgan fingerprint density at radius 2 is 1.61 bits per heavy atom. The van der Waals surface area contributed by atoms with Gasteiger partial charge < -0.3 is 5.11 Å². The number of rotatable bonds is 5. The van der Waals surface area contributed by atoms with E-state index in [-0.39, 0.29) is 31.6 Å². The molecular weight excluding hydrogens is 783 g/mol. The van der Waals surface area contributed by atoms with E-state index in [1.807, 2.05) is 12.3 Å². The van der Waals surface area contributed by atoms with Crippen LogP contribution in [0.5, 0.6) is 0 Å². The van der Waals surface area contributed by atoms with Crippen LogP contribution < -0.4 is 4.40 Å². The second kappa shape index (κ2) is 13.6. The number of hydrogen-bond acceptors (Lipinski definition) is 4. The van der Waals surface area contributed by atoms with Crippen LogP contribution in [0.1, 0.15) is 39.2 Å².